The molecule has 0 saturated heterocycles. The van der Waals surface area contributed by atoms with Gasteiger partial charge >= 0.3 is 0 Å². The molecule has 0 fully saturated rings. The van der Waals surface area contributed by atoms with Gasteiger partial charge in [0.15, 0.2) is 0 Å². The molecule has 0 heterocycles. The molecule has 19 heavy (non-hydrogen) atoms. The Hall–Kier alpha value is -1.60. The molecule has 98 valence electrons. The van der Waals surface area contributed by atoms with Crippen molar-refractivity contribution in [1.29, 1.82) is 0 Å². The molecule has 0 spiro atoms. The van der Waals surface area contributed by atoms with Crippen LogP contribution in [-0.4, -0.2) is 6.04 Å². The molecule has 2 N–H and O–H groups in total. The lowest BCUT2D eigenvalue weighted by molar-refractivity contribution is 0.480. The second-order valence-corrected chi connectivity index (χ2v) is 5.80. The number of hydrogen-bond donors (Lipinski definition) is 1. The summed E-state index contributed by atoms with van der Waals surface area (Å²) < 4.78 is 0. The van der Waals surface area contributed by atoms with Gasteiger partial charge in [0.25, 0.3) is 0 Å². The van der Waals surface area contributed by atoms with E-state index in [-0.39, 0.29) is 6.04 Å². The number of benzene rings is 2. The Morgan fingerprint density at radius 3 is 2.63 bits per heavy atom. The maximum Gasteiger partial charge on any atom is 0.0152 e. The van der Waals surface area contributed by atoms with Gasteiger partial charge in [-0.25, -0.2) is 0 Å². The number of rotatable bonds is 3. The van der Waals surface area contributed by atoms with E-state index in [1.807, 2.05) is 0 Å². The third kappa shape index (κ3) is 2.31. The molecule has 0 radical (unpaired) electrons. The topological polar surface area (TPSA) is 26.0 Å². The van der Waals surface area contributed by atoms with Gasteiger partial charge in [-0.05, 0) is 54.5 Å². The van der Waals surface area contributed by atoms with Crippen LogP contribution in [0.2, 0.25) is 0 Å². The highest BCUT2D eigenvalue weighted by molar-refractivity contribution is 5.41. The molecule has 1 aliphatic rings. The van der Waals surface area contributed by atoms with E-state index >= 15 is 0 Å². The Labute approximate surface area is 115 Å². The van der Waals surface area contributed by atoms with E-state index in [0.29, 0.717) is 5.92 Å². The summed E-state index contributed by atoms with van der Waals surface area (Å²) in [5.74, 6) is 0.540. The SMILES string of the molecule is Cc1ccc(CC(N)C2Cc3ccccc32)cc1C. The molecule has 0 amide bonds. The van der Waals surface area contributed by atoms with Crippen molar-refractivity contribution in [2.24, 2.45) is 5.73 Å². The van der Waals surface area contributed by atoms with Gasteiger partial charge in [-0.2, -0.15) is 0 Å². The van der Waals surface area contributed by atoms with Crippen LogP contribution in [0.4, 0.5) is 0 Å². The third-order valence-corrected chi connectivity index (χ3v) is 4.45. The average molecular weight is 251 g/mol. The quantitative estimate of drug-likeness (QED) is 0.887. The van der Waals surface area contributed by atoms with Crippen molar-refractivity contribution in [2.75, 3.05) is 0 Å². The normalized spacial score (nSPS) is 18.6. The maximum atomic E-state index is 6.41. The minimum atomic E-state index is 0.233. The van der Waals surface area contributed by atoms with Gasteiger partial charge in [-0.1, -0.05) is 42.5 Å². The van der Waals surface area contributed by atoms with E-state index in [1.165, 1.54) is 27.8 Å². The van der Waals surface area contributed by atoms with Crippen LogP contribution >= 0.6 is 0 Å². The Morgan fingerprint density at radius 2 is 1.89 bits per heavy atom. The Bertz CT molecular complexity index is 600. The molecule has 0 aliphatic heterocycles. The van der Waals surface area contributed by atoms with E-state index < -0.39 is 0 Å². The number of aryl methyl sites for hydroxylation is 2. The van der Waals surface area contributed by atoms with Crippen molar-refractivity contribution in [3.63, 3.8) is 0 Å². The fourth-order valence-corrected chi connectivity index (χ4v) is 3.02. The van der Waals surface area contributed by atoms with Gasteiger partial charge < -0.3 is 5.73 Å². The standard InChI is InChI=1S/C18H21N/c1-12-7-8-14(9-13(12)2)10-18(19)17-11-15-5-3-4-6-16(15)17/h3-9,17-18H,10-11,19H2,1-2H3. The van der Waals surface area contributed by atoms with Crippen molar-refractivity contribution in [3.05, 3.63) is 70.3 Å². The molecule has 1 heteroatoms. The lowest BCUT2D eigenvalue weighted by Crippen LogP contribution is -2.37. The first kappa shape index (κ1) is 12.4. The highest BCUT2D eigenvalue weighted by Crippen LogP contribution is 2.37. The summed E-state index contributed by atoms with van der Waals surface area (Å²) in [4.78, 5) is 0. The molecule has 0 bridgehead atoms. The number of nitrogens with two attached hydrogens (primary N) is 1. The predicted octanol–water partition coefficient (Wildman–Crippen LogP) is 3.51. The summed E-state index contributed by atoms with van der Waals surface area (Å²) in [6.45, 7) is 4.32. The third-order valence-electron chi connectivity index (χ3n) is 4.45. The van der Waals surface area contributed by atoms with Gasteiger partial charge in [-0.3, -0.25) is 0 Å². The van der Waals surface area contributed by atoms with Crippen LogP contribution < -0.4 is 5.73 Å². The smallest absolute Gasteiger partial charge is 0.0152 e. The Balaban J connectivity index is 1.73. The number of fused-ring (bicyclic) bond motifs is 1. The van der Waals surface area contributed by atoms with Crippen LogP contribution in [0.3, 0.4) is 0 Å². The molecule has 0 saturated carbocycles. The molecule has 2 aromatic rings. The first-order chi connectivity index (χ1) is 9.15. The van der Waals surface area contributed by atoms with Crippen molar-refractivity contribution in [3.8, 4) is 0 Å². The monoisotopic (exact) mass is 251 g/mol. The van der Waals surface area contributed by atoms with Crippen LogP contribution in [0.15, 0.2) is 42.5 Å². The zero-order chi connectivity index (χ0) is 13.4. The van der Waals surface area contributed by atoms with E-state index in [9.17, 15) is 0 Å². The summed E-state index contributed by atoms with van der Waals surface area (Å²) in [7, 11) is 0. The second kappa shape index (κ2) is 4.82. The summed E-state index contributed by atoms with van der Waals surface area (Å²) in [6.07, 6.45) is 2.11. The second-order valence-electron chi connectivity index (χ2n) is 5.80. The van der Waals surface area contributed by atoms with Gasteiger partial charge in [-0.15, -0.1) is 0 Å². The van der Waals surface area contributed by atoms with Gasteiger partial charge in [0, 0.05) is 12.0 Å². The highest BCUT2D eigenvalue weighted by atomic mass is 14.7. The fraction of sp³-hybridized carbons (Fsp3) is 0.333. The van der Waals surface area contributed by atoms with Gasteiger partial charge in [0.1, 0.15) is 0 Å². The van der Waals surface area contributed by atoms with Crippen molar-refractivity contribution in [1.82, 2.24) is 0 Å². The van der Waals surface area contributed by atoms with Crippen LogP contribution in [0.5, 0.6) is 0 Å². The minimum absolute atomic E-state index is 0.233. The Morgan fingerprint density at radius 1 is 1.11 bits per heavy atom. The van der Waals surface area contributed by atoms with Crippen molar-refractivity contribution >= 4 is 0 Å². The molecule has 2 unspecified atom stereocenters. The van der Waals surface area contributed by atoms with Crippen LogP contribution in [0.1, 0.15) is 33.7 Å². The molecular formula is C18H21N. The van der Waals surface area contributed by atoms with Crippen molar-refractivity contribution < 1.29 is 0 Å². The molecular weight excluding hydrogens is 230 g/mol. The molecule has 3 rings (SSSR count). The molecule has 1 aliphatic carbocycles. The largest absolute Gasteiger partial charge is 0.327 e. The number of hydrogen-bond acceptors (Lipinski definition) is 1. The fourth-order valence-electron chi connectivity index (χ4n) is 3.02. The van der Waals surface area contributed by atoms with Gasteiger partial charge in [0.05, 0.1) is 0 Å². The van der Waals surface area contributed by atoms with Crippen LogP contribution in [0.25, 0.3) is 0 Å². The Kier molecular flexibility index (Phi) is 3.16. The van der Waals surface area contributed by atoms with E-state index in [0.717, 1.165) is 12.8 Å². The molecule has 0 aromatic heterocycles. The van der Waals surface area contributed by atoms with Crippen molar-refractivity contribution in [2.45, 2.75) is 38.6 Å². The average Bonchev–Trinajstić information content (AvgIpc) is 2.35. The van der Waals surface area contributed by atoms with E-state index in [4.69, 9.17) is 5.73 Å². The summed E-state index contributed by atoms with van der Waals surface area (Å²) >= 11 is 0. The zero-order valence-electron chi connectivity index (χ0n) is 11.7. The van der Waals surface area contributed by atoms with E-state index in [1.54, 1.807) is 0 Å². The summed E-state index contributed by atoms with van der Waals surface area (Å²) in [5, 5.41) is 0. The highest BCUT2D eigenvalue weighted by Gasteiger charge is 2.30. The summed E-state index contributed by atoms with van der Waals surface area (Å²) in [6, 6.07) is 15.6. The van der Waals surface area contributed by atoms with E-state index in [2.05, 4.69) is 56.3 Å². The lowest BCUT2D eigenvalue weighted by Gasteiger charge is -2.34. The zero-order valence-corrected chi connectivity index (χ0v) is 11.7. The van der Waals surface area contributed by atoms with Crippen LogP contribution in [0, 0.1) is 13.8 Å². The molecule has 2 aromatic carbocycles. The molecule has 1 nitrogen and oxygen atoms in total. The van der Waals surface area contributed by atoms with Gasteiger partial charge in [0.2, 0.25) is 0 Å². The molecule has 2 atom stereocenters. The lowest BCUT2D eigenvalue weighted by atomic mass is 9.72. The first-order valence-electron chi connectivity index (χ1n) is 7.04. The summed E-state index contributed by atoms with van der Waals surface area (Å²) in [5.41, 5.74) is 13.4. The minimum Gasteiger partial charge on any atom is -0.327 e. The van der Waals surface area contributed by atoms with Crippen LogP contribution in [-0.2, 0) is 12.8 Å². The maximum absolute atomic E-state index is 6.41. The predicted molar refractivity (Wildman–Crippen MR) is 80.5 cm³/mol. The first-order valence-corrected chi connectivity index (χ1v) is 7.04.